The second-order valence-corrected chi connectivity index (χ2v) is 9.51. The van der Waals surface area contributed by atoms with Gasteiger partial charge >= 0.3 is 10.1 Å². The van der Waals surface area contributed by atoms with Crippen molar-refractivity contribution in [3.63, 3.8) is 0 Å². The zero-order valence-corrected chi connectivity index (χ0v) is 19.8. The SMILES string of the molecule is Cc1ccc(S(=O)(=O)Oc2ccc(/C=C(/C#N)C(=O)Nc3ccc(Cl)cc3)cc2Br)cc1. The van der Waals surface area contributed by atoms with Gasteiger partial charge in [0.2, 0.25) is 0 Å². The lowest BCUT2D eigenvalue weighted by Crippen LogP contribution is -2.13. The summed E-state index contributed by atoms with van der Waals surface area (Å²) in [7, 11) is -4.02. The Morgan fingerprint density at radius 2 is 1.75 bits per heavy atom. The number of carbonyl (C=O) groups excluding carboxylic acids is 1. The standard InChI is InChI=1S/C23H16BrClN2O4S/c1-15-2-9-20(10-3-15)32(29,30)31-22-11-4-16(13-21(22)24)12-17(14-26)23(28)27-19-7-5-18(25)6-8-19/h2-13H,1H3,(H,27,28)/b17-12-. The number of aryl methyl sites for hydroxylation is 1. The highest BCUT2D eigenvalue weighted by atomic mass is 79.9. The molecule has 9 heteroatoms. The molecule has 32 heavy (non-hydrogen) atoms. The van der Waals surface area contributed by atoms with Gasteiger partial charge in [0.25, 0.3) is 5.91 Å². The maximum Gasteiger partial charge on any atom is 0.339 e. The molecule has 6 nitrogen and oxygen atoms in total. The minimum Gasteiger partial charge on any atom is -0.378 e. The van der Waals surface area contributed by atoms with E-state index in [1.165, 1.54) is 30.3 Å². The first-order valence-corrected chi connectivity index (χ1v) is 11.8. The Balaban J connectivity index is 1.79. The van der Waals surface area contributed by atoms with E-state index in [2.05, 4.69) is 21.2 Å². The van der Waals surface area contributed by atoms with Crippen molar-refractivity contribution in [2.45, 2.75) is 11.8 Å². The molecule has 0 spiro atoms. The third-order valence-electron chi connectivity index (χ3n) is 4.24. The van der Waals surface area contributed by atoms with Gasteiger partial charge in [-0.25, -0.2) is 0 Å². The number of amides is 1. The van der Waals surface area contributed by atoms with Gasteiger partial charge in [-0.05, 0) is 83.0 Å². The number of benzene rings is 3. The predicted octanol–water partition coefficient (Wildman–Crippen LogP) is 5.72. The zero-order valence-electron chi connectivity index (χ0n) is 16.7. The highest BCUT2D eigenvalue weighted by Gasteiger charge is 2.18. The second kappa shape index (κ2) is 10.0. The third-order valence-corrected chi connectivity index (χ3v) is 6.36. The number of carbonyl (C=O) groups is 1. The van der Waals surface area contributed by atoms with Crippen LogP contribution >= 0.6 is 27.5 Å². The van der Waals surface area contributed by atoms with Crippen LogP contribution < -0.4 is 9.50 Å². The van der Waals surface area contributed by atoms with E-state index in [1.54, 1.807) is 42.5 Å². The largest absolute Gasteiger partial charge is 0.378 e. The average molecular weight is 532 g/mol. The molecule has 0 aliphatic heterocycles. The first-order valence-electron chi connectivity index (χ1n) is 9.17. The van der Waals surface area contributed by atoms with Crippen LogP contribution in [0.4, 0.5) is 5.69 Å². The van der Waals surface area contributed by atoms with E-state index < -0.39 is 16.0 Å². The van der Waals surface area contributed by atoms with Gasteiger partial charge in [0, 0.05) is 10.7 Å². The van der Waals surface area contributed by atoms with E-state index in [-0.39, 0.29) is 16.2 Å². The van der Waals surface area contributed by atoms with Crippen molar-refractivity contribution in [2.75, 3.05) is 5.32 Å². The molecule has 0 fully saturated rings. The lowest BCUT2D eigenvalue weighted by molar-refractivity contribution is -0.112. The summed E-state index contributed by atoms with van der Waals surface area (Å²) >= 11 is 9.10. The fraction of sp³-hybridized carbons (Fsp3) is 0.0435. The zero-order chi connectivity index (χ0) is 23.3. The first kappa shape index (κ1) is 23.5. The minimum absolute atomic E-state index is 0.0320. The number of nitrogens with zero attached hydrogens (tertiary/aromatic N) is 1. The Labute approximate surface area is 199 Å². The lowest BCUT2D eigenvalue weighted by atomic mass is 10.1. The van der Waals surface area contributed by atoms with Crippen LogP contribution in [0.2, 0.25) is 5.02 Å². The fourth-order valence-corrected chi connectivity index (χ4v) is 4.25. The molecule has 0 unspecified atom stereocenters. The van der Waals surface area contributed by atoms with Gasteiger partial charge in [-0.15, -0.1) is 0 Å². The Kier molecular flexibility index (Phi) is 7.36. The molecule has 0 heterocycles. The first-order chi connectivity index (χ1) is 15.2. The quantitative estimate of drug-likeness (QED) is 0.249. The van der Waals surface area contributed by atoms with Crippen LogP contribution in [0.1, 0.15) is 11.1 Å². The number of rotatable bonds is 6. The maximum atomic E-state index is 12.5. The molecule has 0 saturated heterocycles. The number of nitriles is 1. The van der Waals surface area contributed by atoms with Crippen molar-refractivity contribution >= 4 is 55.3 Å². The second-order valence-electron chi connectivity index (χ2n) is 6.67. The molecule has 0 aliphatic rings. The van der Waals surface area contributed by atoms with Crippen LogP contribution in [0.25, 0.3) is 6.08 Å². The molecule has 0 aliphatic carbocycles. The molecule has 3 aromatic carbocycles. The monoisotopic (exact) mass is 530 g/mol. The van der Waals surface area contributed by atoms with Gasteiger partial charge in [0.15, 0.2) is 5.75 Å². The van der Waals surface area contributed by atoms with Crippen molar-refractivity contribution in [3.8, 4) is 11.8 Å². The van der Waals surface area contributed by atoms with E-state index in [9.17, 15) is 18.5 Å². The van der Waals surface area contributed by atoms with Crippen molar-refractivity contribution in [3.05, 3.63) is 92.9 Å². The molecule has 1 N–H and O–H groups in total. The van der Waals surface area contributed by atoms with E-state index in [4.69, 9.17) is 15.8 Å². The molecule has 0 saturated carbocycles. The van der Waals surface area contributed by atoms with Crippen LogP contribution in [0.15, 0.2) is 81.7 Å². The number of hydrogen-bond donors (Lipinski definition) is 1. The lowest BCUT2D eigenvalue weighted by Gasteiger charge is -2.10. The highest BCUT2D eigenvalue weighted by Crippen LogP contribution is 2.30. The smallest absolute Gasteiger partial charge is 0.339 e. The van der Waals surface area contributed by atoms with Gasteiger partial charge in [-0.3, -0.25) is 4.79 Å². The molecule has 3 aromatic rings. The molecule has 1 amide bonds. The van der Waals surface area contributed by atoms with Crippen molar-refractivity contribution < 1.29 is 17.4 Å². The third kappa shape index (κ3) is 5.98. The highest BCUT2D eigenvalue weighted by molar-refractivity contribution is 9.10. The average Bonchev–Trinajstić information content (AvgIpc) is 2.75. The molecule has 0 bridgehead atoms. The van der Waals surface area contributed by atoms with Crippen LogP contribution in [0, 0.1) is 18.3 Å². The van der Waals surface area contributed by atoms with Gasteiger partial charge in [0.1, 0.15) is 16.5 Å². The molecule has 3 rings (SSSR count). The van der Waals surface area contributed by atoms with Gasteiger partial charge in [0.05, 0.1) is 4.47 Å². The van der Waals surface area contributed by atoms with E-state index in [0.717, 1.165) is 5.56 Å². The molecule has 162 valence electrons. The van der Waals surface area contributed by atoms with Crippen molar-refractivity contribution in [2.24, 2.45) is 0 Å². The number of nitrogens with one attached hydrogen (secondary N) is 1. The van der Waals surface area contributed by atoms with Crippen LogP contribution in [0.5, 0.6) is 5.75 Å². The summed E-state index contributed by atoms with van der Waals surface area (Å²) in [6.45, 7) is 1.85. The minimum atomic E-state index is -4.02. The Bertz CT molecular complexity index is 1330. The Morgan fingerprint density at radius 3 is 2.34 bits per heavy atom. The van der Waals surface area contributed by atoms with E-state index in [0.29, 0.717) is 20.7 Å². The van der Waals surface area contributed by atoms with Gasteiger partial charge in [-0.2, -0.15) is 13.7 Å². The summed E-state index contributed by atoms with van der Waals surface area (Å²) in [4.78, 5) is 12.4. The fourth-order valence-electron chi connectivity index (χ4n) is 2.59. The summed E-state index contributed by atoms with van der Waals surface area (Å²) in [5.41, 5.74) is 1.79. The summed E-state index contributed by atoms with van der Waals surface area (Å²) in [6.07, 6.45) is 1.38. The summed E-state index contributed by atoms with van der Waals surface area (Å²) in [5, 5.41) is 12.5. The topological polar surface area (TPSA) is 96.3 Å². The van der Waals surface area contributed by atoms with Crippen LogP contribution in [0.3, 0.4) is 0 Å². The summed E-state index contributed by atoms with van der Waals surface area (Å²) in [6, 6.07) is 19.1. The van der Waals surface area contributed by atoms with Gasteiger partial charge < -0.3 is 9.50 Å². The summed E-state index contributed by atoms with van der Waals surface area (Å²) < 4.78 is 30.6. The van der Waals surface area contributed by atoms with E-state index >= 15 is 0 Å². The molecule has 0 radical (unpaired) electrons. The van der Waals surface area contributed by atoms with Gasteiger partial charge in [-0.1, -0.05) is 35.4 Å². The molecular formula is C23H16BrClN2O4S. The van der Waals surface area contributed by atoms with Crippen LogP contribution in [-0.4, -0.2) is 14.3 Å². The number of anilines is 1. The number of hydrogen-bond acceptors (Lipinski definition) is 5. The van der Waals surface area contributed by atoms with Crippen LogP contribution in [-0.2, 0) is 14.9 Å². The summed E-state index contributed by atoms with van der Waals surface area (Å²) in [5.74, 6) is -0.514. The van der Waals surface area contributed by atoms with E-state index in [1.807, 2.05) is 13.0 Å². The molecule has 0 aromatic heterocycles. The molecular weight excluding hydrogens is 516 g/mol. The van der Waals surface area contributed by atoms with Crippen molar-refractivity contribution in [1.82, 2.24) is 0 Å². The normalized spacial score (nSPS) is 11.5. The Morgan fingerprint density at radius 1 is 1.09 bits per heavy atom. The van der Waals surface area contributed by atoms with Crippen molar-refractivity contribution in [1.29, 1.82) is 5.26 Å². The maximum absolute atomic E-state index is 12.5. The molecule has 0 atom stereocenters. The number of halogens is 2. The Hall–Kier alpha value is -3.12. The predicted molar refractivity (Wildman–Crippen MR) is 127 cm³/mol.